The van der Waals surface area contributed by atoms with Gasteiger partial charge in [0, 0.05) is 18.8 Å². The molecule has 1 aromatic carbocycles. The Hall–Kier alpha value is -1.39. The average molecular weight is 249 g/mol. The van der Waals surface area contributed by atoms with Gasteiger partial charge in [-0.2, -0.15) is 0 Å². The molecule has 0 aliphatic rings. The first kappa shape index (κ1) is 14.7. The fourth-order valence-electron chi connectivity index (χ4n) is 1.70. The monoisotopic (exact) mass is 249 g/mol. The highest BCUT2D eigenvalue weighted by atomic mass is 16.2. The van der Waals surface area contributed by atoms with Gasteiger partial charge in [-0.15, -0.1) is 0 Å². The van der Waals surface area contributed by atoms with Crippen molar-refractivity contribution < 1.29 is 4.79 Å². The molecule has 0 fully saturated rings. The quantitative estimate of drug-likeness (QED) is 0.806. The van der Waals surface area contributed by atoms with E-state index < -0.39 is 0 Å². The van der Waals surface area contributed by atoms with Crippen molar-refractivity contribution in [3.05, 3.63) is 29.8 Å². The average Bonchev–Trinajstić information content (AvgIpc) is 2.29. The molecule has 0 aromatic heterocycles. The fraction of sp³-hybridized carbons (Fsp3) is 0.500. The summed E-state index contributed by atoms with van der Waals surface area (Å²) >= 11 is 0. The molecule has 1 rings (SSSR count). The van der Waals surface area contributed by atoms with Crippen LogP contribution in [0.4, 0.5) is 5.69 Å². The van der Waals surface area contributed by atoms with Crippen LogP contribution in [-0.4, -0.2) is 37.5 Å². The number of amides is 1. The Kier molecular flexibility index (Phi) is 5.82. The minimum Gasteiger partial charge on any atom is -0.329 e. The fourth-order valence-corrected chi connectivity index (χ4v) is 1.70. The predicted octanol–water partition coefficient (Wildman–Crippen LogP) is 1.64. The van der Waals surface area contributed by atoms with Crippen molar-refractivity contribution in [1.82, 2.24) is 4.90 Å². The number of hydrogen-bond acceptors (Lipinski definition) is 3. The molecule has 0 saturated carbocycles. The molecule has 0 unspecified atom stereocenters. The summed E-state index contributed by atoms with van der Waals surface area (Å²) in [5, 5.41) is 2.88. The van der Waals surface area contributed by atoms with E-state index >= 15 is 0 Å². The van der Waals surface area contributed by atoms with Gasteiger partial charge in [0.1, 0.15) is 0 Å². The number of carbonyl (C=O) groups is 1. The summed E-state index contributed by atoms with van der Waals surface area (Å²) in [5.74, 6) is 0.494. The van der Waals surface area contributed by atoms with Crippen LogP contribution >= 0.6 is 0 Å². The van der Waals surface area contributed by atoms with Crippen molar-refractivity contribution in [2.75, 3.05) is 32.0 Å². The van der Waals surface area contributed by atoms with E-state index in [-0.39, 0.29) is 5.91 Å². The van der Waals surface area contributed by atoms with Gasteiger partial charge in [0.2, 0.25) is 5.91 Å². The number of benzene rings is 1. The van der Waals surface area contributed by atoms with E-state index in [1.807, 2.05) is 36.2 Å². The Morgan fingerprint density at radius 2 is 1.94 bits per heavy atom. The molecule has 0 aliphatic heterocycles. The second-order valence-corrected chi connectivity index (χ2v) is 4.85. The number of likely N-dealkylation sites (N-methyl/N-ethyl adjacent to an activating group) is 1. The van der Waals surface area contributed by atoms with Crippen molar-refractivity contribution in [2.24, 2.45) is 5.73 Å². The molecule has 100 valence electrons. The highest BCUT2D eigenvalue weighted by Gasteiger charge is 2.06. The van der Waals surface area contributed by atoms with Gasteiger partial charge < -0.3 is 11.1 Å². The van der Waals surface area contributed by atoms with Gasteiger partial charge in [0.05, 0.1) is 6.54 Å². The number of anilines is 1. The second kappa shape index (κ2) is 7.13. The number of rotatable bonds is 6. The number of hydrogen-bond donors (Lipinski definition) is 2. The zero-order chi connectivity index (χ0) is 13.5. The van der Waals surface area contributed by atoms with Gasteiger partial charge in [0.15, 0.2) is 0 Å². The molecule has 0 heterocycles. The minimum atomic E-state index is -0.0109. The molecule has 0 radical (unpaired) electrons. The summed E-state index contributed by atoms with van der Waals surface area (Å²) in [6, 6.07) is 7.97. The van der Waals surface area contributed by atoms with Gasteiger partial charge in [-0.1, -0.05) is 26.0 Å². The van der Waals surface area contributed by atoms with E-state index in [4.69, 9.17) is 5.73 Å². The zero-order valence-corrected chi connectivity index (χ0v) is 11.4. The maximum atomic E-state index is 11.7. The predicted molar refractivity (Wildman–Crippen MR) is 75.7 cm³/mol. The Bertz CT molecular complexity index is 373. The Labute approximate surface area is 109 Å². The van der Waals surface area contributed by atoms with Crippen molar-refractivity contribution in [1.29, 1.82) is 0 Å². The van der Waals surface area contributed by atoms with Crippen molar-refractivity contribution in [3.8, 4) is 0 Å². The van der Waals surface area contributed by atoms with Crippen LogP contribution in [0.3, 0.4) is 0 Å². The topological polar surface area (TPSA) is 58.4 Å². The van der Waals surface area contributed by atoms with E-state index in [9.17, 15) is 4.79 Å². The first-order chi connectivity index (χ1) is 8.52. The summed E-state index contributed by atoms with van der Waals surface area (Å²) < 4.78 is 0. The summed E-state index contributed by atoms with van der Waals surface area (Å²) in [6.07, 6.45) is 0. The van der Waals surface area contributed by atoms with Crippen LogP contribution in [-0.2, 0) is 4.79 Å². The lowest BCUT2D eigenvalue weighted by Gasteiger charge is -2.15. The third kappa shape index (κ3) is 4.85. The van der Waals surface area contributed by atoms with Crippen LogP contribution in [0.1, 0.15) is 25.3 Å². The molecule has 0 saturated heterocycles. The van der Waals surface area contributed by atoms with E-state index in [0.29, 0.717) is 19.0 Å². The summed E-state index contributed by atoms with van der Waals surface area (Å²) in [4.78, 5) is 13.6. The van der Waals surface area contributed by atoms with Gasteiger partial charge >= 0.3 is 0 Å². The Morgan fingerprint density at radius 1 is 1.33 bits per heavy atom. The highest BCUT2D eigenvalue weighted by Crippen LogP contribution is 2.16. The van der Waals surface area contributed by atoms with Gasteiger partial charge in [-0.25, -0.2) is 0 Å². The smallest absolute Gasteiger partial charge is 0.238 e. The zero-order valence-electron chi connectivity index (χ0n) is 11.4. The van der Waals surface area contributed by atoms with E-state index in [0.717, 1.165) is 12.2 Å². The van der Waals surface area contributed by atoms with Gasteiger partial charge in [-0.05, 0) is 30.7 Å². The number of nitrogens with one attached hydrogen (secondary N) is 1. The molecule has 4 heteroatoms. The van der Waals surface area contributed by atoms with Crippen LogP contribution in [0.15, 0.2) is 24.3 Å². The molecule has 3 N–H and O–H groups in total. The molecular formula is C14H23N3O. The van der Waals surface area contributed by atoms with Crippen LogP contribution in [0, 0.1) is 0 Å². The Morgan fingerprint density at radius 3 is 2.44 bits per heavy atom. The summed E-state index contributed by atoms with van der Waals surface area (Å²) in [5.41, 5.74) is 7.54. The van der Waals surface area contributed by atoms with Crippen molar-refractivity contribution in [3.63, 3.8) is 0 Å². The van der Waals surface area contributed by atoms with Crippen LogP contribution in [0.5, 0.6) is 0 Å². The van der Waals surface area contributed by atoms with E-state index in [2.05, 4.69) is 19.2 Å². The van der Waals surface area contributed by atoms with Crippen molar-refractivity contribution >= 4 is 11.6 Å². The number of carbonyl (C=O) groups excluding carboxylic acids is 1. The standard InChI is InChI=1S/C14H23N3O/c1-11(2)12-4-6-13(7-5-12)16-14(18)10-17(3)9-8-15/h4-7,11H,8-10,15H2,1-3H3,(H,16,18). The first-order valence-corrected chi connectivity index (χ1v) is 6.31. The maximum Gasteiger partial charge on any atom is 0.238 e. The lowest BCUT2D eigenvalue weighted by atomic mass is 10.0. The first-order valence-electron chi connectivity index (χ1n) is 6.31. The van der Waals surface area contributed by atoms with Crippen molar-refractivity contribution in [2.45, 2.75) is 19.8 Å². The van der Waals surface area contributed by atoms with E-state index in [1.54, 1.807) is 0 Å². The molecule has 18 heavy (non-hydrogen) atoms. The third-order valence-electron chi connectivity index (χ3n) is 2.79. The molecule has 4 nitrogen and oxygen atoms in total. The second-order valence-electron chi connectivity index (χ2n) is 4.85. The summed E-state index contributed by atoms with van der Waals surface area (Å²) in [7, 11) is 1.88. The summed E-state index contributed by atoms with van der Waals surface area (Å²) in [6.45, 7) is 5.94. The van der Waals surface area contributed by atoms with Gasteiger partial charge in [-0.3, -0.25) is 9.69 Å². The van der Waals surface area contributed by atoms with Gasteiger partial charge in [0.25, 0.3) is 0 Å². The lowest BCUT2D eigenvalue weighted by molar-refractivity contribution is -0.117. The highest BCUT2D eigenvalue weighted by molar-refractivity contribution is 5.92. The molecule has 1 aromatic rings. The van der Waals surface area contributed by atoms with Crippen LogP contribution < -0.4 is 11.1 Å². The van der Waals surface area contributed by atoms with Crippen LogP contribution in [0.25, 0.3) is 0 Å². The SMILES string of the molecule is CC(C)c1ccc(NC(=O)CN(C)CCN)cc1. The van der Waals surface area contributed by atoms with Crippen LogP contribution in [0.2, 0.25) is 0 Å². The Balaban J connectivity index is 2.49. The maximum absolute atomic E-state index is 11.7. The molecular weight excluding hydrogens is 226 g/mol. The number of nitrogens with two attached hydrogens (primary N) is 1. The molecule has 0 bridgehead atoms. The molecule has 1 amide bonds. The minimum absolute atomic E-state index is 0.0109. The molecule has 0 atom stereocenters. The normalized spacial score (nSPS) is 11.0. The molecule has 0 aliphatic carbocycles. The lowest BCUT2D eigenvalue weighted by Crippen LogP contribution is -2.33. The number of nitrogens with zero attached hydrogens (tertiary/aromatic N) is 1. The largest absolute Gasteiger partial charge is 0.329 e. The van der Waals surface area contributed by atoms with E-state index in [1.165, 1.54) is 5.56 Å². The third-order valence-corrected chi connectivity index (χ3v) is 2.79. The molecule has 0 spiro atoms.